The van der Waals surface area contributed by atoms with Gasteiger partial charge in [-0.15, -0.1) is 0 Å². The molecular formula is C21H30N4O5S. The lowest BCUT2D eigenvalue weighted by molar-refractivity contribution is -0.132. The number of nitrogens with one attached hydrogen (secondary N) is 2. The minimum atomic E-state index is -3.64. The van der Waals surface area contributed by atoms with Gasteiger partial charge in [-0.1, -0.05) is 39.2 Å². The molecule has 3 rings (SSSR count). The summed E-state index contributed by atoms with van der Waals surface area (Å²) in [5.41, 5.74) is -0.460. The molecule has 1 heterocycles. The van der Waals surface area contributed by atoms with Gasteiger partial charge in [-0.05, 0) is 31.0 Å². The number of hydrogen-bond acceptors (Lipinski definition) is 5. The lowest BCUT2D eigenvalue weighted by Crippen LogP contribution is -2.48. The Balaban J connectivity index is 1.62. The van der Waals surface area contributed by atoms with Crippen molar-refractivity contribution >= 4 is 33.6 Å². The summed E-state index contributed by atoms with van der Waals surface area (Å²) in [6, 6.07) is 5.61. The third-order valence-electron chi connectivity index (χ3n) is 5.98. The number of benzene rings is 1. The Bertz CT molecular complexity index is 952. The summed E-state index contributed by atoms with van der Waals surface area (Å²) in [5, 5.41) is 5.49. The first-order valence-corrected chi connectivity index (χ1v) is 12.2. The molecule has 0 radical (unpaired) electrons. The van der Waals surface area contributed by atoms with Crippen LogP contribution in [-0.2, 0) is 19.6 Å². The predicted octanol–water partition coefficient (Wildman–Crippen LogP) is 2.30. The molecule has 1 spiro atoms. The first kappa shape index (κ1) is 23.2. The molecule has 0 aromatic heterocycles. The van der Waals surface area contributed by atoms with E-state index >= 15 is 0 Å². The van der Waals surface area contributed by atoms with E-state index < -0.39 is 27.5 Å². The Morgan fingerprint density at radius 1 is 1.16 bits per heavy atom. The summed E-state index contributed by atoms with van der Waals surface area (Å²) in [7, 11) is -3.64. The zero-order valence-corrected chi connectivity index (χ0v) is 18.8. The van der Waals surface area contributed by atoms with E-state index in [0.29, 0.717) is 31.6 Å². The lowest BCUT2D eigenvalue weighted by atomic mass is 9.82. The quantitative estimate of drug-likeness (QED) is 0.590. The van der Waals surface area contributed by atoms with Gasteiger partial charge in [-0.25, -0.2) is 13.2 Å². The Kier molecular flexibility index (Phi) is 7.00. The smallest absolute Gasteiger partial charge is 0.325 e. The average Bonchev–Trinajstić information content (AvgIpc) is 2.96. The molecule has 0 atom stereocenters. The van der Waals surface area contributed by atoms with E-state index in [1.807, 2.05) is 0 Å². The molecule has 1 aromatic rings. The Labute approximate surface area is 183 Å². The van der Waals surface area contributed by atoms with Gasteiger partial charge in [0.15, 0.2) is 0 Å². The number of anilines is 1. The summed E-state index contributed by atoms with van der Waals surface area (Å²) < 4.78 is 26.7. The van der Waals surface area contributed by atoms with Crippen LogP contribution in [0.2, 0.25) is 0 Å². The first-order valence-electron chi connectivity index (χ1n) is 10.8. The number of imide groups is 1. The van der Waals surface area contributed by atoms with Crippen molar-refractivity contribution in [3.63, 3.8) is 0 Å². The van der Waals surface area contributed by atoms with Crippen molar-refractivity contribution in [2.45, 2.75) is 62.8 Å². The largest absolute Gasteiger partial charge is 0.326 e. The number of nitrogens with zero attached hydrogens (tertiary/aromatic N) is 2. The number of rotatable bonds is 8. The predicted molar refractivity (Wildman–Crippen MR) is 116 cm³/mol. The summed E-state index contributed by atoms with van der Waals surface area (Å²) in [4.78, 5) is 38.7. The molecule has 1 aliphatic carbocycles. The molecule has 170 valence electrons. The molecule has 0 bridgehead atoms. The Morgan fingerprint density at radius 2 is 1.84 bits per heavy atom. The van der Waals surface area contributed by atoms with Crippen LogP contribution >= 0.6 is 0 Å². The van der Waals surface area contributed by atoms with Gasteiger partial charge in [0.05, 0.1) is 4.90 Å². The average molecular weight is 451 g/mol. The standard InChI is InChI=1S/C21H30N4O5S/c1-3-24(4-2)31(29,30)17-10-8-9-16(15-17)22-18(26)11-14-25-19(27)21(23-20(25)28)12-6-5-7-13-21/h8-10,15H,3-7,11-14H2,1-2H3,(H,22,26)(H,23,28). The van der Waals surface area contributed by atoms with Gasteiger partial charge in [-0.3, -0.25) is 14.5 Å². The highest BCUT2D eigenvalue weighted by molar-refractivity contribution is 7.89. The normalized spacial score (nSPS) is 18.5. The fraction of sp³-hybridized carbons (Fsp3) is 0.571. The van der Waals surface area contributed by atoms with Crippen LogP contribution in [0.25, 0.3) is 0 Å². The maximum atomic E-state index is 12.8. The van der Waals surface area contributed by atoms with E-state index in [-0.39, 0.29) is 23.8 Å². The number of sulfonamides is 1. The molecule has 1 saturated heterocycles. The van der Waals surface area contributed by atoms with Gasteiger partial charge in [-0.2, -0.15) is 4.31 Å². The molecule has 2 aliphatic rings. The SMILES string of the molecule is CCN(CC)S(=O)(=O)c1cccc(NC(=O)CCN2C(=O)NC3(CCCCC3)C2=O)c1. The van der Waals surface area contributed by atoms with E-state index in [9.17, 15) is 22.8 Å². The number of carbonyl (C=O) groups excluding carboxylic acids is 3. The Hall–Kier alpha value is -2.46. The first-order chi connectivity index (χ1) is 14.7. The lowest BCUT2D eigenvalue weighted by Gasteiger charge is -2.30. The minimum Gasteiger partial charge on any atom is -0.326 e. The second-order valence-electron chi connectivity index (χ2n) is 7.95. The second kappa shape index (κ2) is 9.35. The van der Waals surface area contributed by atoms with Crippen molar-refractivity contribution in [3.05, 3.63) is 24.3 Å². The van der Waals surface area contributed by atoms with Crippen LogP contribution < -0.4 is 10.6 Å². The molecular weight excluding hydrogens is 420 g/mol. The third-order valence-corrected chi connectivity index (χ3v) is 8.02. The van der Waals surface area contributed by atoms with Crippen molar-refractivity contribution in [3.8, 4) is 0 Å². The molecule has 2 fully saturated rings. The van der Waals surface area contributed by atoms with Crippen LogP contribution in [0.3, 0.4) is 0 Å². The van der Waals surface area contributed by atoms with E-state index in [2.05, 4.69) is 10.6 Å². The summed E-state index contributed by atoms with van der Waals surface area (Å²) in [6.07, 6.45) is 4.04. The van der Waals surface area contributed by atoms with Crippen molar-refractivity contribution < 1.29 is 22.8 Å². The monoisotopic (exact) mass is 450 g/mol. The molecule has 9 nitrogen and oxygen atoms in total. The highest BCUT2D eigenvalue weighted by atomic mass is 32.2. The van der Waals surface area contributed by atoms with Gasteiger partial charge in [0, 0.05) is 31.7 Å². The van der Waals surface area contributed by atoms with Gasteiger partial charge < -0.3 is 10.6 Å². The van der Waals surface area contributed by atoms with Crippen LogP contribution in [0.4, 0.5) is 10.5 Å². The van der Waals surface area contributed by atoms with Gasteiger partial charge in [0.1, 0.15) is 5.54 Å². The topological polar surface area (TPSA) is 116 Å². The van der Waals surface area contributed by atoms with Crippen LogP contribution in [0, 0.1) is 0 Å². The molecule has 0 unspecified atom stereocenters. The summed E-state index contributed by atoms with van der Waals surface area (Å²) >= 11 is 0. The molecule has 31 heavy (non-hydrogen) atoms. The Morgan fingerprint density at radius 3 is 2.48 bits per heavy atom. The highest BCUT2D eigenvalue weighted by Gasteiger charge is 2.51. The van der Waals surface area contributed by atoms with Crippen molar-refractivity contribution in [2.75, 3.05) is 25.0 Å². The molecule has 1 aromatic carbocycles. The zero-order chi connectivity index (χ0) is 22.6. The maximum Gasteiger partial charge on any atom is 0.325 e. The molecule has 1 saturated carbocycles. The zero-order valence-electron chi connectivity index (χ0n) is 18.0. The van der Waals surface area contributed by atoms with Crippen LogP contribution in [0.15, 0.2) is 29.2 Å². The van der Waals surface area contributed by atoms with E-state index in [0.717, 1.165) is 24.2 Å². The summed E-state index contributed by atoms with van der Waals surface area (Å²) in [6.45, 7) is 4.21. The van der Waals surface area contributed by atoms with Crippen molar-refractivity contribution in [1.29, 1.82) is 0 Å². The molecule has 2 N–H and O–H groups in total. The molecule has 4 amide bonds. The van der Waals surface area contributed by atoms with Crippen LogP contribution in [0.5, 0.6) is 0 Å². The fourth-order valence-electron chi connectivity index (χ4n) is 4.26. The number of urea groups is 1. The fourth-order valence-corrected chi connectivity index (χ4v) is 5.76. The number of hydrogen-bond donors (Lipinski definition) is 2. The van der Waals surface area contributed by atoms with Crippen LogP contribution in [-0.4, -0.2) is 60.6 Å². The van der Waals surface area contributed by atoms with E-state index in [4.69, 9.17) is 0 Å². The second-order valence-corrected chi connectivity index (χ2v) is 9.88. The minimum absolute atomic E-state index is 0.0182. The molecule has 10 heteroatoms. The number of carbonyl (C=O) groups is 3. The summed E-state index contributed by atoms with van der Waals surface area (Å²) in [5.74, 6) is -0.653. The maximum absolute atomic E-state index is 12.8. The van der Waals surface area contributed by atoms with Crippen LogP contribution in [0.1, 0.15) is 52.4 Å². The van der Waals surface area contributed by atoms with Gasteiger partial charge >= 0.3 is 6.03 Å². The van der Waals surface area contributed by atoms with Gasteiger partial charge in [0.25, 0.3) is 5.91 Å². The highest BCUT2D eigenvalue weighted by Crippen LogP contribution is 2.33. The van der Waals surface area contributed by atoms with Crippen molar-refractivity contribution in [2.24, 2.45) is 0 Å². The number of amides is 4. The third kappa shape index (κ3) is 4.74. The molecule has 1 aliphatic heterocycles. The van der Waals surface area contributed by atoms with E-state index in [1.165, 1.54) is 16.4 Å². The van der Waals surface area contributed by atoms with Crippen molar-refractivity contribution in [1.82, 2.24) is 14.5 Å². The van der Waals surface area contributed by atoms with Gasteiger partial charge in [0.2, 0.25) is 15.9 Å². The van der Waals surface area contributed by atoms with E-state index in [1.54, 1.807) is 26.0 Å².